The molecule has 8 amide bonds. The van der Waals surface area contributed by atoms with Crippen LogP contribution in [0.4, 0.5) is 41.9 Å². The fourth-order valence-electron chi connectivity index (χ4n) is 6.57. The molecule has 12 heteroatoms. The third-order valence-electron chi connectivity index (χ3n) is 8.70. The summed E-state index contributed by atoms with van der Waals surface area (Å²) in [5.41, 5.74) is 2.69. The van der Waals surface area contributed by atoms with Gasteiger partial charge >= 0.3 is 24.1 Å². The van der Waals surface area contributed by atoms with Crippen molar-refractivity contribution in [3.8, 4) is 0 Å². The van der Waals surface area contributed by atoms with E-state index in [2.05, 4.69) is 59.6 Å². The second kappa shape index (κ2) is 21.2. The normalized spacial score (nSPS) is 11.3. The number of rotatable bonds is 18. The van der Waals surface area contributed by atoms with Crippen molar-refractivity contribution >= 4 is 46.9 Å². The van der Waals surface area contributed by atoms with Gasteiger partial charge in [-0.25, -0.2) is 19.2 Å². The van der Waals surface area contributed by atoms with E-state index in [0.717, 1.165) is 32.6 Å². The van der Waals surface area contributed by atoms with Gasteiger partial charge in [0.25, 0.3) is 0 Å². The van der Waals surface area contributed by atoms with Gasteiger partial charge in [-0.05, 0) is 91.7 Å². The summed E-state index contributed by atoms with van der Waals surface area (Å²) in [4.78, 5) is 54.2. The number of nitrogens with zero attached hydrogens (tertiary/aromatic N) is 2. The lowest BCUT2D eigenvalue weighted by molar-refractivity contribution is 0.184. The maximum Gasteiger partial charge on any atom is 0.334 e. The zero-order valence-corrected chi connectivity index (χ0v) is 32.4. The Kier molecular flexibility index (Phi) is 16.2. The number of nitrogens with one attached hydrogen (secondary N) is 6. The molecule has 0 atom stereocenters. The maximum absolute atomic E-state index is 13.1. The summed E-state index contributed by atoms with van der Waals surface area (Å²) in [5.74, 6) is 0. The molecule has 6 N–H and O–H groups in total. The third kappa shape index (κ3) is 14.6. The van der Waals surface area contributed by atoms with Crippen molar-refractivity contribution in [2.24, 2.45) is 10.8 Å². The van der Waals surface area contributed by atoms with Crippen molar-refractivity contribution < 1.29 is 19.2 Å². The van der Waals surface area contributed by atoms with Gasteiger partial charge in [0.15, 0.2) is 0 Å². The Hall–Kier alpha value is -5.72. The molecular formula is C43H56N8O4. The molecule has 0 aromatic heterocycles. The van der Waals surface area contributed by atoms with E-state index >= 15 is 0 Å². The summed E-state index contributed by atoms with van der Waals surface area (Å²) in [6.07, 6.45) is 2.40. The van der Waals surface area contributed by atoms with Crippen molar-refractivity contribution in [2.75, 3.05) is 49.1 Å². The Morgan fingerprint density at radius 1 is 0.455 bits per heavy atom. The van der Waals surface area contributed by atoms with Gasteiger partial charge in [0.05, 0.1) is 22.7 Å². The molecule has 55 heavy (non-hydrogen) atoms. The molecule has 0 bridgehead atoms. The van der Waals surface area contributed by atoms with E-state index in [0.29, 0.717) is 48.7 Å². The van der Waals surface area contributed by atoms with Crippen molar-refractivity contribution in [1.82, 2.24) is 31.9 Å². The summed E-state index contributed by atoms with van der Waals surface area (Å²) in [6.45, 7) is 12.9. The molecule has 0 spiro atoms. The molecule has 0 aliphatic carbocycles. The molecule has 0 unspecified atom stereocenters. The van der Waals surface area contributed by atoms with Crippen LogP contribution in [0.15, 0.2) is 121 Å². The van der Waals surface area contributed by atoms with Crippen molar-refractivity contribution in [1.29, 1.82) is 0 Å². The highest BCUT2D eigenvalue weighted by molar-refractivity contribution is 6.07. The highest BCUT2D eigenvalue weighted by Gasteiger charge is 2.28. The molecule has 4 aromatic rings. The number of anilines is 4. The summed E-state index contributed by atoms with van der Waals surface area (Å²) >= 11 is 0. The molecular weight excluding hydrogens is 693 g/mol. The Balaban J connectivity index is 1.07. The molecule has 0 radical (unpaired) electrons. The minimum absolute atomic E-state index is 0.0281. The molecule has 0 fully saturated rings. The molecule has 0 aliphatic heterocycles. The van der Waals surface area contributed by atoms with Crippen LogP contribution in [0.3, 0.4) is 0 Å². The summed E-state index contributed by atoms with van der Waals surface area (Å²) in [5, 5.41) is 17.5. The highest BCUT2D eigenvalue weighted by atomic mass is 16.2. The van der Waals surface area contributed by atoms with Crippen LogP contribution >= 0.6 is 0 Å². The van der Waals surface area contributed by atoms with E-state index in [9.17, 15) is 19.2 Å². The number of hydrogen-bond acceptors (Lipinski definition) is 6. The fraction of sp³-hybridized carbons (Fsp3) is 0.349. The Bertz CT molecular complexity index is 1560. The predicted molar refractivity (Wildman–Crippen MR) is 221 cm³/mol. The number of urea groups is 4. The lowest BCUT2D eigenvalue weighted by Gasteiger charge is -2.35. The van der Waals surface area contributed by atoms with Crippen LogP contribution in [0, 0.1) is 10.8 Å². The monoisotopic (exact) mass is 748 g/mol. The van der Waals surface area contributed by atoms with E-state index < -0.39 is 24.1 Å². The molecule has 0 aliphatic rings. The number of para-hydroxylation sites is 4. The molecule has 4 rings (SSSR count). The number of benzene rings is 4. The number of imide groups is 2. The summed E-state index contributed by atoms with van der Waals surface area (Å²) in [7, 11) is 0. The quantitative estimate of drug-likeness (QED) is 0.0571. The first kappa shape index (κ1) is 42.0. The van der Waals surface area contributed by atoms with E-state index in [1.165, 1.54) is 9.80 Å². The van der Waals surface area contributed by atoms with Gasteiger partial charge in [-0.1, -0.05) is 100 Å². The van der Waals surface area contributed by atoms with Crippen LogP contribution in [0.2, 0.25) is 0 Å². The molecule has 12 nitrogen and oxygen atoms in total. The maximum atomic E-state index is 13.1. The van der Waals surface area contributed by atoms with Crippen LogP contribution in [0.25, 0.3) is 0 Å². The van der Waals surface area contributed by atoms with Crippen molar-refractivity contribution in [3.63, 3.8) is 0 Å². The molecule has 4 aromatic carbocycles. The lowest BCUT2D eigenvalue weighted by atomic mass is 9.75. The molecule has 0 heterocycles. The number of carbonyl (C=O) groups excluding carboxylic acids is 4. The van der Waals surface area contributed by atoms with Gasteiger partial charge in [0.1, 0.15) is 0 Å². The topological polar surface area (TPSA) is 147 Å². The van der Waals surface area contributed by atoms with Gasteiger partial charge in [-0.3, -0.25) is 20.4 Å². The number of amides is 8. The fourth-order valence-corrected chi connectivity index (χ4v) is 6.57. The Morgan fingerprint density at radius 3 is 1.04 bits per heavy atom. The molecule has 0 saturated heterocycles. The standard InChI is InChI=1S/C43H56N8O4/c1-42(2,32-44-27-17-29-46-38(52)48-40(54)50(34-19-9-5-10-20-34)35-21-11-6-12-22-35)31-43(3,4)33-45-28-18-30-47-39(53)49-41(55)51(36-23-13-7-14-24-36)37-25-15-8-16-26-37/h5-16,19-26,44-45H,17-18,27-33H2,1-4H3,(H2,46,48,52,54)(H2,47,49,53,55). The smallest absolute Gasteiger partial charge is 0.334 e. The highest BCUT2D eigenvalue weighted by Crippen LogP contribution is 2.33. The molecule has 0 saturated carbocycles. The lowest BCUT2D eigenvalue weighted by Crippen LogP contribution is -2.46. The van der Waals surface area contributed by atoms with Gasteiger partial charge in [-0.2, -0.15) is 0 Å². The van der Waals surface area contributed by atoms with Gasteiger partial charge in [0.2, 0.25) is 0 Å². The largest absolute Gasteiger partial charge is 0.338 e. The van der Waals surface area contributed by atoms with Crippen LogP contribution in [0.1, 0.15) is 47.0 Å². The zero-order chi connectivity index (χ0) is 39.5. The minimum Gasteiger partial charge on any atom is -0.338 e. The molecule has 292 valence electrons. The van der Waals surface area contributed by atoms with Crippen LogP contribution in [0.5, 0.6) is 0 Å². The van der Waals surface area contributed by atoms with E-state index in [1.54, 1.807) is 0 Å². The van der Waals surface area contributed by atoms with Crippen molar-refractivity contribution in [3.05, 3.63) is 121 Å². The van der Waals surface area contributed by atoms with E-state index in [-0.39, 0.29) is 10.8 Å². The first-order valence-electron chi connectivity index (χ1n) is 18.8. The predicted octanol–water partition coefficient (Wildman–Crippen LogP) is 7.90. The van der Waals surface area contributed by atoms with Crippen LogP contribution < -0.4 is 41.7 Å². The minimum atomic E-state index is -0.542. The number of hydrogen-bond donors (Lipinski definition) is 6. The van der Waals surface area contributed by atoms with E-state index in [1.807, 2.05) is 121 Å². The van der Waals surface area contributed by atoms with Gasteiger partial charge in [-0.15, -0.1) is 0 Å². The first-order chi connectivity index (χ1) is 26.4. The summed E-state index contributed by atoms with van der Waals surface area (Å²) < 4.78 is 0. The zero-order valence-electron chi connectivity index (χ0n) is 32.4. The Morgan fingerprint density at radius 2 is 0.745 bits per heavy atom. The van der Waals surface area contributed by atoms with Crippen LogP contribution in [-0.2, 0) is 0 Å². The van der Waals surface area contributed by atoms with Crippen LogP contribution in [-0.4, -0.2) is 63.4 Å². The SMILES string of the molecule is CC(C)(CNCCCNC(=O)NC(=O)N(c1ccccc1)c1ccccc1)CC(C)(C)CNCCCNC(=O)NC(=O)N(c1ccccc1)c1ccccc1. The number of carbonyl (C=O) groups is 4. The van der Waals surface area contributed by atoms with Gasteiger partial charge in [0, 0.05) is 26.2 Å². The summed E-state index contributed by atoms with van der Waals surface area (Å²) in [6, 6.07) is 34.6. The van der Waals surface area contributed by atoms with Crippen molar-refractivity contribution in [2.45, 2.75) is 47.0 Å². The van der Waals surface area contributed by atoms with E-state index in [4.69, 9.17) is 0 Å². The Labute approximate surface area is 325 Å². The average Bonchev–Trinajstić information content (AvgIpc) is 3.16. The second-order valence-corrected chi connectivity index (χ2v) is 15.0. The van der Waals surface area contributed by atoms with Gasteiger partial charge < -0.3 is 21.3 Å². The second-order valence-electron chi connectivity index (χ2n) is 15.0. The average molecular weight is 749 g/mol. The first-order valence-corrected chi connectivity index (χ1v) is 18.8. The third-order valence-corrected chi connectivity index (χ3v) is 8.70.